The average Bonchev–Trinajstić information content (AvgIpc) is 3.02. The summed E-state index contributed by atoms with van der Waals surface area (Å²) in [6, 6.07) is 11.7. The van der Waals surface area contributed by atoms with E-state index in [2.05, 4.69) is 9.58 Å². The Bertz CT molecular complexity index is 1730. The summed E-state index contributed by atoms with van der Waals surface area (Å²) in [7, 11) is 0. The lowest BCUT2D eigenvalue weighted by Gasteiger charge is -2.15. The third kappa shape index (κ3) is 14.9. The zero-order valence-corrected chi connectivity index (χ0v) is 26.8. The molecule has 2 atom stereocenters. The van der Waals surface area contributed by atoms with Gasteiger partial charge < -0.3 is 15.3 Å². The smallest absolute Gasteiger partial charge is 0.396 e. The van der Waals surface area contributed by atoms with Crippen molar-refractivity contribution in [3.8, 4) is 0 Å². The van der Waals surface area contributed by atoms with E-state index in [1.807, 2.05) is 0 Å². The number of nitrogens with zero attached hydrogens (tertiary/aromatic N) is 1. The van der Waals surface area contributed by atoms with E-state index in [0.29, 0.717) is 23.3 Å². The summed E-state index contributed by atoms with van der Waals surface area (Å²) in [5.41, 5.74) is 4.07. The van der Waals surface area contributed by atoms with Gasteiger partial charge in [0.05, 0.1) is 22.5 Å². The third-order valence-corrected chi connectivity index (χ3v) is 5.93. The molecule has 0 heterocycles. The van der Waals surface area contributed by atoms with Crippen LogP contribution in [0.5, 0.6) is 0 Å². The molecule has 0 spiro atoms. The number of rotatable bonds is 5. The number of benzene rings is 4. The van der Waals surface area contributed by atoms with Crippen LogP contribution in [0.2, 0.25) is 0 Å². The van der Waals surface area contributed by atoms with Crippen molar-refractivity contribution in [3.05, 3.63) is 153 Å². The fourth-order valence-electron chi connectivity index (χ4n) is 3.81. The highest BCUT2D eigenvalue weighted by molar-refractivity contribution is 6.40. The number of carbonyl (C=O) groups is 2. The van der Waals surface area contributed by atoms with Crippen molar-refractivity contribution in [1.29, 1.82) is 0 Å². The van der Waals surface area contributed by atoms with Gasteiger partial charge in [0.25, 0.3) is 6.04 Å². The Labute approximate surface area is 289 Å². The van der Waals surface area contributed by atoms with Gasteiger partial charge in [-0.3, -0.25) is 9.59 Å². The maximum Gasteiger partial charge on any atom is 0.416 e. The molecule has 0 aliphatic rings. The molecule has 0 radical (unpaired) electrons. The Hall–Kier alpha value is -4.65. The highest BCUT2D eigenvalue weighted by Gasteiger charge is 2.33. The van der Waals surface area contributed by atoms with Crippen LogP contribution in [0.3, 0.4) is 0 Å². The summed E-state index contributed by atoms with van der Waals surface area (Å²) in [5, 5.41) is 0.194. The zero-order valence-electron chi connectivity index (χ0n) is 25.3. The molecular weight excluding hydrogens is 733 g/mol. The molecule has 4 aromatic carbocycles. The Kier molecular flexibility index (Phi) is 17.5. The standard InChI is InChI=1S/C15H8F5N.C14H10F5N.C3H4O3.CH2Cl2/c1-21-14(9-2-4-12(16)5-3-9)10-6-11(15(18,19)20)8-13(17)7-10;15-11-3-1-8(2-4-11)13(20)9-5-10(14(17,18)19)7-12(16)6-9;1-3(5)6-2-4;2-1-3/h2-8,14H;1-7,13H,20H2;2H,1H3;1H2. The summed E-state index contributed by atoms with van der Waals surface area (Å²) in [6.07, 6.45) is -9.36. The van der Waals surface area contributed by atoms with Gasteiger partial charge in [-0.15, -0.1) is 23.2 Å². The molecule has 0 saturated heterocycles. The minimum atomic E-state index is -4.70. The summed E-state index contributed by atoms with van der Waals surface area (Å²) >= 11 is 9.53. The topological polar surface area (TPSA) is 73.8 Å². The first kappa shape index (κ1) is 43.4. The number of hydrogen-bond acceptors (Lipinski definition) is 4. The molecule has 0 saturated carbocycles. The molecule has 2 N–H and O–H groups in total. The second kappa shape index (κ2) is 20.1. The summed E-state index contributed by atoms with van der Waals surface area (Å²) in [4.78, 5) is 22.0. The van der Waals surface area contributed by atoms with E-state index in [1.54, 1.807) is 0 Å². The van der Waals surface area contributed by atoms with Crippen molar-refractivity contribution in [2.45, 2.75) is 31.4 Å². The monoisotopic (exact) mass is 756 g/mol. The number of nitrogens with two attached hydrogens (primary N) is 1. The van der Waals surface area contributed by atoms with Crippen LogP contribution in [0.25, 0.3) is 4.85 Å². The van der Waals surface area contributed by atoms with Crippen LogP contribution < -0.4 is 5.73 Å². The van der Waals surface area contributed by atoms with Crippen molar-refractivity contribution in [1.82, 2.24) is 0 Å². The van der Waals surface area contributed by atoms with E-state index < -0.39 is 64.8 Å². The van der Waals surface area contributed by atoms with Crippen molar-refractivity contribution in [3.63, 3.8) is 0 Å². The van der Waals surface area contributed by atoms with Gasteiger partial charge in [-0.1, -0.05) is 12.1 Å². The number of ether oxygens (including phenoxy) is 1. The second-order valence-electron chi connectivity index (χ2n) is 9.46. The molecule has 4 rings (SSSR count). The number of esters is 1. The maximum atomic E-state index is 13.4. The Balaban J connectivity index is 0.000000404. The van der Waals surface area contributed by atoms with Crippen LogP contribution in [0.4, 0.5) is 43.9 Å². The molecule has 0 aliphatic heterocycles. The van der Waals surface area contributed by atoms with E-state index in [0.717, 1.165) is 55.5 Å². The molecule has 2 unspecified atom stereocenters. The van der Waals surface area contributed by atoms with E-state index in [4.69, 9.17) is 35.5 Å². The molecule has 0 fully saturated rings. The zero-order chi connectivity index (χ0) is 38.2. The lowest BCUT2D eigenvalue weighted by atomic mass is 9.97. The van der Waals surface area contributed by atoms with E-state index in [1.165, 1.54) is 24.3 Å². The summed E-state index contributed by atoms with van der Waals surface area (Å²) < 4.78 is 132. The molecule has 0 amide bonds. The second-order valence-corrected chi connectivity index (χ2v) is 10.3. The Morgan fingerprint density at radius 2 is 1.10 bits per heavy atom. The first-order valence-electron chi connectivity index (χ1n) is 13.4. The molecule has 0 aliphatic carbocycles. The van der Waals surface area contributed by atoms with Gasteiger partial charge >= 0.3 is 24.8 Å². The van der Waals surface area contributed by atoms with Crippen LogP contribution in [-0.2, 0) is 26.7 Å². The van der Waals surface area contributed by atoms with Gasteiger partial charge in [0, 0.05) is 18.1 Å². The quantitative estimate of drug-likeness (QED) is 0.0550. The first-order valence-corrected chi connectivity index (χ1v) is 14.4. The van der Waals surface area contributed by atoms with Crippen LogP contribution in [0.15, 0.2) is 84.9 Å². The normalized spacial score (nSPS) is 11.9. The molecule has 0 bridgehead atoms. The first-order chi connectivity index (χ1) is 23.3. The molecule has 17 heteroatoms. The molecule has 4 aromatic rings. The molecule has 0 aromatic heterocycles. The Morgan fingerprint density at radius 3 is 1.44 bits per heavy atom. The predicted octanol–water partition coefficient (Wildman–Crippen LogP) is 10.2. The number of halogens is 12. The van der Waals surface area contributed by atoms with Gasteiger partial charge in [0.1, 0.15) is 23.3 Å². The fourth-order valence-corrected chi connectivity index (χ4v) is 3.81. The van der Waals surface area contributed by atoms with Crippen molar-refractivity contribution in [2.75, 3.05) is 5.34 Å². The SMILES string of the molecule is CC(=O)OC=O.ClCCl.NC(c1ccc(F)cc1)c1cc(F)cc(C(F)(F)F)c1.[C-]#[N+]C(c1ccc(F)cc1)c1cc(F)cc(C(F)(F)F)c1. The van der Waals surface area contributed by atoms with E-state index in [9.17, 15) is 53.5 Å². The van der Waals surface area contributed by atoms with Crippen LogP contribution in [-0.4, -0.2) is 17.8 Å². The molecular formula is C33H24Cl2F10N2O3. The highest BCUT2D eigenvalue weighted by atomic mass is 35.5. The van der Waals surface area contributed by atoms with Crippen molar-refractivity contribution in [2.24, 2.45) is 5.73 Å². The fraction of sp³-hybridized carbons (Fsp3) is 0.182. The molecule has 5 nitrogen and oxygen atoms in total. The minimum Gasteiger partial charge on any atom is -0.396 e. The molecule has 50 heavy (non-hydrogen) atoms. The van der Waals surface area contributed by atoms with Gasteiger partial charge in [-0.25, -0.2) is 24.1 Å². The maximum absolute atomic E-state index is 13.4. The van der Waals surface area contributed by atoms with Crippen molar-refractivity contribution < 1.29 is 58.2 Å². The highest BCUT2D eigenvalue weighted by Crippen LogP contribution is 2.35. The lowest BCUT2D eigenvalue weighted by Crippen LogP contribution is -2.14. The van der Waals surface area contributed by atoms with Crippen LogP contribution in [0.1, 0.15) is 52.4 Å². The minimum absolute atomic E-state index is 0.0241. The van der Waals surface area contributed by atoms with Gasteiger partial charge in [-0.05, 0) is 83.9 Å². The van der Waals surface area contributed by atoms with E-state index in [-0.39, 0.29) is 22.9 Å². The van der Waals surface area contributed by atoms with Crippen LogP contribution >= 0.6 is 23.2 Å². The number of carbonyl (C=O) groups excluding carboxylic acids is 2. The van der Waals surface area contributed by atoms with Crippen molar-refractivity contribution >= 4 is 35.6 Å². The predicted molar refractivity (Wildman–Crippen MR) is 164 cm³/mol. The summed E-state index contributed by atoms with van der Waals surface area (Å²) in [6.45, 7) is 8.37. The number of alkyl halides is 8. The number of hydrogen-bond donors (Lipinski definition) is 1. The van der Waals surface area contributed by atoms with Gasteiger partial charge in [0.2, 0.25) is 0 Å². The largest absolute Gasteiger partial charge is 0.416 e. The lowest BCUT2D eigenvalue weighted by molar-refractivity contribution is -0.149. The Morgan fingerprint density at radius 1 is 0.720 bits per heavy atom. The summed E-state index contributed by atoms with van der Waals surface area (Å²) in [5.74, 6) is -3.69. The average molecular weight is 757 g/mol. The van der Waals surface area contributed by atoms with E-state index >= 15 is 0 Å². The van der Waals surface area contributed by atoms with Crippen LogP contribution in [0, 0.1) is 29.8 Å². The van der Waals surface area contributed by atoms with Gasteiger partial charge in [-0.2, -0.15) is 26.3 Å². The molecule has 268 valence electrons. The third-order valence-electron chi connectivity index (χ3n) is 5.93. The van der Waals surface area contributed by atoms with Gasteiger partial charge in [0.15, 0.2) is 0 Å².